The van der Waals surface area contributed by atoms with Gasteiger partial charge in [0.25, 0.3) is 0 Å². The van der Waals surface area contributed by atoms with Crippen LogP contribution in [-0.4, -0.2) is 13.2 Å². The van der Waals surface area contributed by atoms with Gasteiger partial charge >= 0.3 is 0 Å². The van der Waals surface area contributed by atoms with Crippen LogP contribution < -0.4 is 10.1 Å². The Balaban J connectivity index is 2.53. The maximum Gasteiger partial charge on any atom is 0.127 e. The predicted molar refractivity (Wildman–Crippen MR) is 71.8 cm³/mol. The fraction of sp³-hybridized carbons (Fsp3) is 0.600. The summed E-state index contributed by atoms with van der Waals surface area (Å²) in [5.41, 5.74) is 5.37. The summed E-state index contributed by atoms with van der Waals surface area (Å²) in [6.45, 7) is 10.6. The van der Waals surface area contributed by atoms with Crippen LogP contribution in [0.3, 0.4) is 0 Å². The van der Waals surface area contributed by atoms with Gasteiger partial charge in [0, 0.05) is 11.6 Å². The zero-order chi connectivity index (χ0) is 12.4. The molecule has 0 spiro atoms. The summed E-state index contributed by atoms with van der Waals surface area (Å²) in [6, 6.07) is 2.74. The van der Waals surface area contributed by atoms with Crippen molar-refractivity contribution in [3.05, 3.63) is 28.3 Å². The number of hydrogen-bond donors (Lipinski definition) is 1. The summed E-state index contributed by atoms with van der Waals surface area (Å²) in [5, 5.41) is 3.59. The highest BCUT2D eigenvalue weighted by atomic mass is 16.5. The van der Waals surface area contributed by atoms with Gasteiger partial charge in [0.05, 0.1) is 6.61 Å². The molecule has 1 atom stereocenters. The van der Waals surface area contributed by atoms with Crippen molar-refractivity contribution in [2.45, 2.75) is 46.6 Å². The Bertz CT molecular complexity index is 412. The lowest BCUT2D eigenvalue weighted by atomic mass is 9.92. The molecule has 0 radical (unpaired) electrons. The third-order valence-corrected chi connectivity index (χ3v) is 3.72. The molecule has 2 heteroatoms. The van der Waals surface area contributed by atoms with Gasteiger partial charge in [0.1, 0.15) is 5.75 Å². The van der Waals surface area contributed by atoms with Crippen molar-refractivity contribution in [1.82, 2.24) is 5.32 Å². The molecule has 1 aliphatic rings. The molecule has 2 nitrogen and oxygen atoms in total. The Morgan fingerprint density at radius 1 is 1.29 bits per heavy atom. The molecule has 1 aromatic carbocycles. The van der Waals surface area contributed by atoms with Gasteiger partial charge in [-0.05, 0) is 56.8 Å². The predicted octanol–water partition coefficient (Wildman–Crippen LogP) is 3.44. The second kappa shape index (κ2) is 5.09. The van der Waals surface area contributed by atoms with Crippen molar-refractivity contribution in [2.24, 2.45) is 0 Å². The maximum absolute atomic E-state index is 5.98. The smallest absolute Gasteiger partial charge is 0.127 e. The molecule has 0 amide bonds. The molecule has 0 fully saturated rings. The Kier molecular flexibility index (Phi) is 3.72. The summed E-state index contributed by atoms with van der Waals surface area (Å²) in [6.07, 6.45) is 2.30. The monoisotopic (exact) mass is 233 g/mol. The highest BCUT2D eigenvalue weighted by molar-refractivity contribution is 5.51. The number of ether oxygens (including phenoxy) is 1. The molecule has 0 saturated heterocycles. The van der Waals surface area contributed by atoms with Gasteiger partial charge in [-0.2, -0.15) is 0 Å². The Morgan fingerprint density at radius 2 is 2.06 bits per heavy atom. The minimum atomic E-state index is 0.455. The number of fused-ring (bicyclic) bond motifs is 1. The van der Waals surface area contributed by atoms with Crippen molar-refractivity contribution >= 4 is 0 Å². The van der Waals surface area contributed by atoms with Crippen LogP contribution in [0.25, 0.3) is 0 Å². The summed E-state index contributed by atoms with van der Waals surface area (Å²) < 4.78 is 5.98. The average Bonchev–Trinajstić information content (AvgIpc) is 2.50. The van der Waals surface area contributed by atoms with E-state index in [1.165, 1.54) is 28.7 Å². The lowest BCUT2D eigenvalue weighted by molar-refractivity contribution is 0.313. The number of aryl methyl sites for hydroxylation is 2. The fourth-order valence-corrected chi connectivity index (χ4v) is 2.75. The standard InChI is InChI=1S/C15H23NO/c1-5-16-13-7-6-8-17-15-12(4)10(2)9-11(3)14(13)15/h9,13,16H,5-8H2,1-4H3. The van der Waals surface area contributed by atoms with Crippen LogP contribution in [0.15, 0.2) is 6.07 Å². The minimum absolute atomic E-state index is 0.455. The molecule has 0 aliphatic carbocycles. The molecule has 1 N–H and O–H groups in total. The van der Waals surface area contributed by atoms with Crippen LogP contribution in [0.1, 0.15) is 48.1 Å². The normalized spacial score (nSPS) is 19.4. The van der Waals surface area contributed by atoms with E-state index in [0.29, 0.717) is 6.04 Å². The summed E-state index contributed by atoms with van der Waals surface area (Å²) in [5.74, 6) is 1.13. The van der Waals surface area contributed by atoms with E-state index in [0.717, 1.165) is 25.3 Å². The summed E-state index contributed by atoms with van der Waals surface area (Å²) >= 11 is 0. The van der Waals surface area contributed by atoms with Crippen molar-refractivity contribution < 1.29 is 4.74 Å². The van der Waals surface area contributed by atoms with Crippen molar-refractivity contribution in [3.63, 3.8) is 0 Å². The van der Waals surface area contributed by atoms with E-state index in [2.05, 4.69) is 39.1 Å². The number of nitrogens with one attached hydrogen (secondary N) is 1. The third kappa shape index (κ3) is 2.32. The second-order valence-corrected chi connectivity index (χ2v) is 4.98. The van der Waals surface area contributed by atoms with Gasteiger partial charge in [-0.1, -0.05) is 13.0 Å². The molecule has 2 rings (SSSR count). The van der Waals surface area contributed by atoms with E-state index in [1.807, 2.05) is 0 Å². The van der Waals surface area contributed by atoms with Gasteiger partial charge in [0.2, 0.25) is 0 Å². The molecule has 94 valence electrons. The fourth-order valence-electron chi connectivity index (χ4n) is 2.75. The Hall–Kier alpha value is -1.02. The molecule has 0 saturated carbocycles. The van der Waals surface area contributed by atoms with Crippen LogP contribution in [0, 0.1) is 20.8 Å². The van der Waals surface area contributed by atoms with E-state index in [4.69, 9.17) is 4.74 Å². The zero-order valence-corrected chi connectivity index (χ0v) is 11.4. The van der Waals surface area contributed by atoms with Gasteiger partial charge < -0.3 is 10.1 Å². The first kappa shape index (κ1) is 12.4. The summed E-state index contributed by atoms with van der Waals surface area (Å²) in [4.78, 5) is 0. The average molecular weight is 233 g/mol. The molecule has 1 unspecified atom stereocenters. The molecule has 0 aromatic heterocycles. The van der Waals surface area contributed by atoms with E-state index in [9.17, 15) is 0 Å². The van der Waals surface area contributed by atoms with Gasteiger partial charge in [-0.25, -0.2) is 0 Å². The van der Waals surface area contributed by atoms with Gasteiger partial charge in [0.15, 0.2) is 0 Å². The molecule has 1 aromatic rings. The highest BCUT2D eigenvalue weighted by Crippen LogP contribution is 2.38. The topological polar surface area (TPSA) is 21.3 Å². The minimum Gasteiger partial charge on any atom is -0.493 e. The second-order valence-electron chi connectivity index (χ2n) is 4.98. The highest BCUT2D eigenvalue weighted by Gasteiger charge is 2.23. The third-order valence-electron chi connectivity index (χ3n) is 3.72. The zero-order valence-electron chi connectivity index (χ0n) is 11.4. The van der Waals surface area contributed by atoms with Crippen molar-refractivity contribution in [1.29, 1.82) is 0 Å². The van der Waals surface area contributed by atoms with E-state index < -0.39 is 0 Å². The van der Waals surface area contributed by atoms with Crippen LogP contribution in [-0.2, 0) is 0 Å². The van der Waals surface area contributed by atoms with Crippen LogP contribution in [0.4, 0.5) is 0 Å². The molecule has 17 heavy (non-hydrogen) atoms. The van der Waals surface area contributed by atoms with E-state index >= 15 is 0 Å². The van der Waals surface area contributed by atoms with Gasteiger partial charge in [-0.3, -0.25) is 0 Å². The number of benzene rings is 1. The van der Waals surface area contributed by atoms with E-state index in [1.54, 1.807) is 0 Å². The SMILES string of the molecule is CCNC1CCCOc2c(C)c(C)cc(C)c21. The van der Waals surface area contributed by atoms with Crippen molar-refractivity contribution in [3.8, 4) is 5.75 Å². The first-order valence-corrected chi connectivity index (χ1v) is 6.62. The molecule has 1 heterocycles. The number of rotatable bonds is 2. The molecular formula is C15H23NO. The first-order chi connectivity index (χ1) is 8.15. The lowest BCUT2D eigenvalue weighted by Crippen LogP contribution is -2.21. The quantitative estimate of drug-likeness (QED) is 0.845. The Morgan fingerprint density at radius 3 is 2.76 bits per heavy atom. The van der Waals surface area contributed by atoms with E-state index in [-0.39, 0.29) is 0 Å². The van der Waals surface area contributed by atoms with Gasteiger partial charge in [-0.15, -0.1) is 0 Å². The summed E-state index contributed by atoms with van der Waals surface area (Å²) in [7, 11) is 0. The van der Waals surface area contributed by atoms with Crippen LogP contribution in [0.2, 0.25) is 0 Å². The van der Waals surface area contributed by atoms with Crippen molar-refractivity contribution in [2.75, 3.05) is 13.2 Å². The molecular weight excluding hydrogens is 210 g/mol. The largest absolute Gasteiger partial charge is 0.493 e. The molecule has 1 aliphatic heterocycles. The lowest BCUT2D eigenvalue weighted by Gasteiger charge is -2.22. The maximum atomic E-state index is 5.98. The number of hydrogen-bond acceptors (Lipinski definition) is 2. The van der Waals surface area contributed by atoms with Crippen LogP contribution in [0.5, 0.6) is 5.75 Å². The van der Waals surface area contributed by atoms with Crippen LogP contribution >= 0.6 is 0 Å². The first-order valence-electron chi connectivity index (χ1n) is 6.62. The molecule has 0 bridgehead atoms. The Labute approximate surface area is 104 Å².